The minimum atomic E-state index is -0.639. The maximum atomic E-state index is 13.4. The highest BCUT2D eigenvalue weighted by Gasteiger charge is 2.66. The Morgan fingerprint density at radius 2 is 2.23 bits per heavy atom. The van der Waals surface area contributed by atoms with Gasteiger partial charge in [0.05, 0.1) is 31.0 Å². The number of ether oxygens (including phenoxy) is 2. The van der Waals surface area contributed by atoms with E-state index >= 15 is 0 Å². The van der Waals surface area contributed by atoms with Gasteiger partial charge in [0.15, 0.2) is 0 Å². The molecule has 0 N–H and O–H groups in total. The van der Waals surface area contributed by atoms with E-state index in [2.05, 4.69) is 0 Å². The van der Waals surface area contributed by atoms with Gasteiger partial charge in [0, 0.05) is 24.2 Å². The number of amides is 2. The third kappa shape index (κ3) is 2.15. The maximum absolute atomic E-state index is 13.4. The number of nitrogens with zero attached hydrogens (tertiary/aromatic N) is 2. The highest BCUT2D eigenvalue weighted by molar-refractivity contribution is 6.30. The second kappa shape index (κ2) is 5.47. The van der Waals surface area contributed by atoms with Crippen LogP contribution in [0.4, 0.5) is 0 Å². The minimum Gasteiger partial charge on any atom is -0.491 e. The van der Waals surface area contributed by atoms with E-state index in [1.54, 1.807) is 22.9 Å². The fourth-order valence-corrected chi connectivity index (χ4v) is 4.93. The van der Waals surface area contributed by atoms with Gasteiger partial charge >= 0.3 is 0 Å². The zero-order valence-corrected chi connectivity index (χ0v) is 15.1. The summed E-state index contributed by atoms with van der Waals surface area (Å²) in [5.74, 6) is -0.214. The molecule has 0 unspecified atom stereocenters. The number of fused-ring (bicyclic) bond motifs is 2. The van der Waals surface area contributed by atoms with Crippen molar-refractivity contribution in [3.05, 3.63) is 40.9 Å². The molecule has 2 fully saturated rings. The highest BCUT2D eigenvalue weighted by atomic mass is 35.5. The van der Waals surface area contributed by atoms with Crippen molar-refractivity contribution in [3.8, 4) is 5.75 Å². The summed E-state index contributed by atoms with van der Waals surface area (Å²) in [6.07, 6.45) is 3.58. The Morgan fingerprint density at radius 3 is 3.08 bits per heavy atom. The van der Waals surface area contributed by atoms with Crippen molar-refractivity contribution >= 4 is 23.4 Å². The van der Waals surface area contributed by atoms with Gasteiger partial charge in [0.25, 0.3) is 0 Å². The van der Waals surface area contributed by atoms with Crippen molar-refractivity contribution < 1.29 is 19.1 Å². The molecule has 7 heteroatoms. The molecule has 4 heterocycles. The largest absolute Gasteiger partial charge is 0.491 e. The van der Waals surface area contributed by atoms with Crippen molar-refractivity contribution in [1.82, 2.24) is 9.80 Å². The predicted molar refractivity (Wildman–Crippen MR) is 93.7 cm³/mol. The molecule has 2 bridgehead atoms. The van der Waals surface area contributed by atoms with Crippen molar-refractivity contribution in [2.24, 2.45) is 11.8 Å². The Kier molecular flexibility index (Phi) is 3.40. The molecule has 0 aliphatic carbocycles. The van der Waals surface area contributed by atoms with Gasteiger partial charge in [-0.3, -0.25) is 9.59 Å². The van der Waals surface area contributed by atoms with E-state index in [1.807, 2.05) is 24.3 Å². The average Bonchev–Trinajstić information content (AvgIpc) is 3.17. The zero-order chi connectivity index (χ0) is 18.1. The second-order valence-electron chi connectivity index (χ2n) is 7.45. The van der Waals surface area contributed by atoms with Crippen LogP contribution in [0.5, 0.6) is 5.75 Å². The topological polar surface area (TPSA) is 59.1 Å². The highest BCUT2D eigenvalue weighted by Crippen LogP contribution is 2.52. The summed E-state index contributed by atoms with van der Waals surface area (Å²) < 4.78 is 11.9. The molecule has 0 radical (unpaired) electrons. The van der Waals surface area contributed by atoms with E-state index < -0.39 is 17.4 Å². The van der Waals surface area contributed by atoms with Crippen LogP contribution in [0.2, 0.25) is 5.02 Å². The lowest BCUT2D eigenvalue weighted by molar-refractivity contribution is -0.143. The molecule has 6 nitrogen and oxygen atoms in total. The van der Waals surface area contributed by atoms with Gasteiger partial charge in [-0.15, -0.1) is 0 Å². The van der Waals surface area contributed by atoms with Crippen LogP contribution in [0.3, 0.4) is 0 Å². The third-order valence-electron chi connectivity index (χ3n) is 5.89. The molecule has 0 aromatic heterocycles. The van der Waals surface area contributed by atoms with Crippen LogP contribution in [0.1, 0.15) is 5.56 Å². The zero-order valence-electron chi connectivity index (χ0n) is 14.4. The second-order valence-corrected chi connectivity index (χ2v) is 7.89. The molecular weight excluding hydrogens is 356 g/mol. The van der Waals surface area contributed by atoms with Gasteiger partial charge in [-0.2, -0.15) is 0 Å². The fourth-order valence-electron chi connectivity index (χ4n) is 4.74. The molecule has 4 aliphatic rings. The normalized spacial score (nSPS) is 34.5. The number of carbonyl (C=O) groups is 2. The van der Waals surface area contributed by atoms with Crippen LogP contribution >= 0.6 is 11.6 Å². The van der Waals surface area contributed by atoms with Crippen molar-refractivity contribution in [1.29, 1.82) is 0 Å². The molecule has 0 saturated carbocycles. The van der Waals surface area contributed by atoms with E-state index in [4.69, 9.17) is 21.1 Å². The number of hydrogen-bond donors (Lipinski definition) is 0. The Balaban J connectivity index is 1.45. The summed E-state index contributed by atoms with van der Waals surface area (Å²) in [7, 11) is 1.76. The van der Waals surface area contributed by atoms with E-state index in [-0.39, 0.29) is 17.9 Å². The van der Waals surface area contributed by atoms with Crippen LogP contribution in [0, 0.1) is 11.8 Å². The van der Waals surface area contributed by atoms with Crippen molar-refractivity contribution in [2.45, 2.75) is 18.2 Å². The van der Waals surface area contributed by atoms with Gasteiger partial charge in [-0.1, -0.05) is 23.8 Å². The Labute approximate surface area is 156 Å². The summed E-state index contributed by atoms with van der Waals surface area (Å²) in [6.45, 7) is 1.82. The van der Waals surface area contributed by atoms with E-state index in [1.165, 1.54) is 0 Å². The van der Waals surface area contributed by atoms with Crippen molar-refractivity contribution in [2.75, 3.05) is 26.7 Å². The first-order valence-corrected chi connectivity index (χ1v) is 9.18. The first-order chi connectivity index (χ1) is 12.5. The molecule has 2 saturated heterocycles. The number of likely N-dealkylation sites (tertiary alicyclic amines) is 1. The number of halogens is 1. The van der Waals surface area contributed by atoms with Gasteiger partial charge < -0.3 is 19.3 Å². The van der Waals surface area contributed by atoms with Crippen LogP contribution in [-0.4, -0.2) is 60.1 Å². The number of likely N-dealkylation sites (N-methyl/N-ethyl adjacent to an activating group) is 1. The van der Waals surface area contributed by atoms with Gasteiger partial charge in [-0.05, 0) is 18.2 Å². The maximum Gasteiger partial charge on any atom is 0.230 e. The Bertz CT molecular complexity index is 841. The summed E-state index contributed by atoms with van der Waals surface area (Å²) >= 11 is 6.10. The molecule has 1 aromatic carbocycles. The summed E-state index contributed by atoms with van der Waals surface area (Å²) in [5, 5.41) is 0.611. The predicted octanol–water partition coefficient (Wildman–Crippen LogP) is 1.47. The van der Waals surface area contributed by atoms with Gasteiger partial charge in [0.2, 0.25) is 11.8 Å². The van der Waals surface area contributed by atoms with Crippen molar-refractivity contribution in [3.63, 3.8) is 0 Å². The van der Waals surface area contributed by atoms with Gasteiger partial charge in [-0.25, -0.2) is 0 Å². The molecule has 1 spiro atoms. The average molecular weight is 375 g/mol. The number of rotatable bonds is 1. The number of carbonyl (C=O) groups excluding carboxylic acids is 2. The summed E-state index contributed by atoms with van der Waals surface area (Å²) in [4.78, 5) is 29.5. The lowest BCUT2D eigenvalue weighted by Crippen LogP contribution is -2.46. The molecular formula is C19H19ClN2O4. The molecule has 2 amide bonds. The lowest BCUT2D eigenvalue weighted by Gasteiger charge is -2.29. The number of benzene rings is 1. The fraction of sp³-hybridized carbons (Fsp3) is 0.474. The van der Waals surface area contributed by atoms with Crippen LogP contribution in [0.15, 0.2) is 30.4 Å². The molecule has 4 atom stereocenters. The Hall–Kier alpha value is -2.05. The molecule has 1 aromatic rings. The molecule has 4 aliphatic heterocycles. The molecule has 26 heavy (non-hydrogen) atoms. The Morgan fingerprint density at radius 1 is 1.38 bits per heavy atom. The van der Waals surface area contributed by atoms with Gasteiger partial charge in [0.1, 0.15) is 18.0 Å². The standard InChI is InChI=1S/C19H19ClN2O4/c1-21-10-19-5-4-14(26-19)15(16(19)18(21)24)17(23)22-6-7-25-13-3-2-12(20)8-11(13)9-22/h2-5,8,14-16H,6-7,9-10H2,1H3/t14-,15-,16+,19-/m0/s1. The molecule has 5 rings (SSSR count). The monoisotopic (exact) mass is 374 g/mol. The van der Waals surface area contributed by atoms with Crippen LogP contribution < -0.4 is 4.74 Å². The number of hydrogen-bond acceptors (Lipinski definition) is 4. The minimum absolute atomic E-state index is 0.00952. The molecule has 136 valence electrons. The van der Waals surface area contributed by atoms with E-state index in [0.717, 1.165) is 11.3 Å². The van der Waals surface area contributed by atoms with E-state index in [0.29, 0.717) is 31.3 Å². The first kappa shape index (κ1) is 16.1. The quantitative estimate of drug-likeness (QED) is 0.698. The SMILES string of the molecule is CN1C[C@]23C=C[C@H](O2)[C@H](C(=O)N2CCOc4ccc(Cl)cc4C2)[C@@H]3C1=O. The first-order valence-electron chi connectivity index (χ1n) is 8.81. The smallest absolute Gasteiger partial charge is 0.230 e. The lowest BCUT2D eigenvalue weighted by atomic mass is 9.76. The summed E-state index contributed by atoms with van der Waals surface area (Å²) in [5.41, 5.74) is 0.243. The third-order valence-corrected chi connectivity index (χ3v) is 6.12. The van der Waals surface area contributed by atoms with Crippen LogP contribution in [-0.2, 0) is 20.9 Å². The van der Waals surface area contributed by atoms with E-state index in [9.17, 15) is 9.59 Å². The summed E-state index contributed by atoms with van der Waals surface area (Å²) in [6, 6.07) is 5.44. The van der Waals surface area contributed by atoms with Crippen LogP contribution in [0.25, 0.3) is 0 Å².